The van der Waals surface area contributed by atoms with Crippen LogP contribution in [0.1, 0.15) is 64.8 Å². The molecule has 0 aromatic carbocycles. The van der Waals surface area contributed by atoms with Gasteiger partial charge in [0.25, 0.3) is 5.91 Å². The fourth-order valence-corrected chi connectivity index (χ4v) is 4.22. The Balaban J connectivity index is 1.60. The number of Topliss-reactive ketones (excluding diaryl/α,β-unsaturated/α-hetero) is 1. The molecule has 2 aliphatic rings. The molecule has 0 spiro atoms. The number of β-amino-alcohol motifs (C(OH)–C–C–N with tert-alkyl or cyclic N) is 1. The summed E-state index contributed by atoms with van der Waals surface area (Å²) in [7, 11) is 1.81. The van der Waals surface area contributed by atoms with E-state index in [-0.39, 0.29) is 17.8 Å². The average molecular weight is 362 g/mol. The van der Waals surface area contributed by atoms with Gasteiger partial charge >= 0.3 is 0 Å². The van der Waals surface area contributed by atoms with Crippen molar-refractivity contribution < 1.29 is 19.1 Å². The topological polar surface area (TPSA) is 74.0 Å². The van der Waals surface area contributed by atoms with Crippen LogP contribution in [0.5, 0.6) is 0 Å². The average Bonchev–Trinajstić information content (AvgIpc) is 2.93. The van der Waals surface area contributed by atoms with Crippen LogP contribution in [0, 0.1) is 12.8 Å². The molecular weight excluding hydrogens is 332 g/mol. The third kappa shape index (κ3) is 4.01. The van der Waals surface area contributed by atoms with E-state index in [9.17, 15) is 14.7 Å². The molecule has 1 fully saturated rings. The molecule has 0 radical (unpaired) electrons. The number of carbonyl (C=O) groups excluding carboxylic acids is 2. The maximum atomic E-state index is 12.9. The minimum atomic E-state index is -0.300. The van der Waals surface area contributed by atoms with Gasteiger partial charge in [0.1, 0.15) is 5.76 Å². The molecule has 1 aromatic rings. The van der Waals surface area contributed by atoms with Gasteiger partial charge in [-0.05, 0) is 52.1 Å². The number of rotatable bonds is 5. The van der Waals surface area contributed by atoms with Gasteiger partial charge in [-0.2, -0.15) is 0 Å². The number of nitrogens with zero attached hydrogens (tertiary/aromatic N) is 2. The first-order valence-electron chi connectivity index (χ1n) is 9.68. The van der Waals surface area contributed by atoms with Gasteiger partial charge in [0.05, 0.1) is 11.7 Å². The predicted molar refractivity (Wildman–Crippen MR) is 98.5 cm³/mol. The third-order valence-corrected chi connectivity index (χ3v) is 5.61. The summed E-state index contributed by atoms with van der Waals surface area (Å²) in [6.07, 6.45) is 3.83. The zero-order valence-corrected chi connectivity index (χ0v) is 16.1. The number of aliphatic hydroxyl groups is 1. The van der Waals surface area contributed by atoms with Crippen molar-refractivity contribution in [2.24, 2.45) is 5.92 Å². The second kappa shape index (κ2) is 7.92. The predicted octanol–water partition coefficient (Wildman–Crippen LogP) is 2.27. The van der Waals surface area contributed by atoms with E-state index in [4.69, 9.17) is 4.42 Å². The Bertz CT molecular complexity index is 672. The van der Waals surface area contributed by atoms with Gasteiger partial charge in [0.2, 0.25) is 0 Å². The highest BCUT2D eigenvalue weighted by atomic mass is 16.4. The molecule has 0 saturated carbocycles. The Morgan fingerprint density at radius 1 is 1.35 bits per heavy atom. The van der Waals surface area contributed by atoms with Gasteiger partial charge in [-0.1, -0.05) is 0 Å². The van der Waals surface area contributed by atoms with Gasteiger partial charge in [-0.15, -0.1) is 0 Å². The largest absolute Gasteiger partial charge is 0.455 e. The van der Waals surface area contributed by atoms with E-state index in [2.05, 4.69) is 4.90 Å². The number of aryl methyl sites for hydroxylation is 1. The number of piperidine rings is 1. The molecule has 1 atom stereocenters. The number of likely N-dealkylation sites (tertiary alicyclic amines) is 1. The molecule has 1 N–H and O–H groups in total. The highest BCUT2D eigenvalue weighted by Crippen LogP contribution is 2.30. The highest BCUT2D eigenvalue weighted by molar-refractivity contribution is 6.03. The van der Waals surface area contributed by atoms with Crippen LogP contribution in [-0.2, 0) is 6.42 Å². The van der Waals surface area contributed by atoms with E-state index in [1.165, 1.54) is 0 Å². The summed E-state index contributed by atoms with van der Waals surface area (Å²) >= 11 is 0. The molecule has 144 valence electrons. The molecule has 0 bridgehead atoms. The summed E-state index contributed by atoms with van der Waals surface area (Å²) in [5.41, 5.74) is 1.34. The van der Waals surface area contributed by atoms with Gasteiger partial charge in [0.15, 0.2) is 11.5 Å². The molecule has 3 rings (SSSR count). The van der Waals surface area contributed by atoms with Crippen molar-refractivity contribution in [1.29, 1.82) is 0 Å². The molecule has 6 heteroatoms. The zero-order chi connectivity index (χ0) is 18.8. The SMILES string of the molecule is Cc1c(C(=O)N(C)CC2CCN(CC(C)O)CC2)oc2c1C(=O)CCC2. The normalized spacial score (nSPS) is 20.1. The van der Waals surface area contributed by atoms with Crippen LogP contribution in [0.15, 0.2) is 4.42 Å². The molecule has 1 aromatic heterocycles. The maximum Gasteiger partial charge on any atom is 0.289 e. The molecule has 1 saturated heterocycles. The standard InChI is InChI=1S/C20H30N2O4/c1-13(23)11-22-9-7-15(8-10-22)12-21(3)20(25)19-14(2)18-16(24)5-4-6-17(18)26-19/h13,15,23H,4-12H2,1-3H3. The number of fused-ring (bicyclic) bond motifs is 1. The fraction of sp³-hybridized carbons (Fsp3) is 0.700. The molecule has 1 aliphatic heterocycles. The first-order chi connectivity index (χ1) is 12.4. The summed E-state index contributed by atoms with van der Waals surface area (Å²) in [6.45, 7) is 6.96. The lowest BCUT2D eigenvalue weighted by Gasteiger charge is -2.34. The first kappa shape index (κ1) is 19.1. The Labute approximate surface area is 155 Å². The van der Waals surface area contributed by atoms with Gasteiger partial charge in [-0.3, -0.25) is 9.59 Å². The van der Waals surface area contributed by atoms with Crippen LogP contribution >= 0.6 is 0 Å². The lowest BCUT2D eigenvalue weighted by atomic mass is 9.93. The zero-order valence-electron chi connectivity index (χ0n) is 16.1. The lowest BCUT2D eigenvalue weighted by molar-refractivity contribution is 0.0673. The van der Waals surface area contributed by atoms with Crippen LogP contribution in [0.2, 0.25) is 0 Å². The molecule has 1 unspecified atom stereocenters. The monoisotopic (exact) mass is 362 g/mol. The molecule has 1 amide bonds. The Hall–Kier alpha value is -1.66. The fourth-order valence-electron chi connectivity index (χ4n) is 4.22. The Morgan fingerprint density at radius 2 is 2.04 bits per heavy atom. The summed E-state index contributed by atoms with van der Waals surface area (Å²) in [6, 6.07) is 0. The number of aliphatic hydroxyl groups excluding tert-OH is 1. The van der Waals surface area contributed by atoms with Crippen molar-refractivity contribution in [3.05, 3.63) is 22.6 Å². The maximum absolute atomic E-state index is 12.9. The van der Waals surface area contributed by atoms with E-state index in [1.807, 2.05) is 20.9 Å². The minimum Gasteiger partial charge on any atom is -0.455 e. The summed E-state index contributed by atoms with van der Waals surface area (Å²) < 4.78 is 5.79. The molecular formula is C20H30N2O4. The van der Waals surface area contributed by atoms with Crippen molar-refractivity contribution in [2.75, 3.05) is 33.2 Å². The number of carbonyl (C=O) groups is 2. The number of ketones is 1. The van der Waals surface area contributed by atoms with E-state index >= 15 is 0 Å². The lowest BCUT2D eigenvalue weighted by Crippen LogP contribution is -2.41. The van der Waals surface area contributed by atoms with Crippen LogP contribution in [0.25, 0.3) is 0 Å². The van der Waals surface area contributed by atoms with Crippen molar-refractivity contribution in [1.82, 2.24) is 9.80 Å². The van der Waals surface area contributed by atoms with Crippen molar-refractivity contribution in [2.45, 2.75) is 52.1 Å². The number of hydrogen-bond donors (Lipinski definition) is 1. The summed E-state index contributed by atoms with van der Waals surface area (Å²) in [5.74, 6) is 1.44. The van der Waals surface area contributed by atoms with Crippen LogP contribution in [-0.4, -0.2) is 65.9 Å². The third-order valence-electron chi connectivity index (χ3n) is 5.61. The quantitative estimate of drug-likeness (QED) is 0.870. The van der Waals surface area contributed by atoms with E-state index in [1.54, 1.807) is 4.90 Å². The molecule has 2 heterocycles. The Morgan fingerprint density at radius 3 is 2.65 bits per heavy atom. The summed E-state index contributed by atoms with van der Waals surface area (Å²) in [4.78, 5) is 29.0. The van der Waals surface area contributed by atoms with Crippen molar-refractivity contribution in [3.63, 3.8) is 0 Å². The second-order valence-corrected chi connectivity index (χ2v) is 7.91. The van der Waals surface area contributed by atoms with Gasteiger partial charge in [-0.25, -0.2) is 0 Å². The minimum absolute atomic E-state index is 0.0969. The molecule has 1 aliphatic carbocycles. The van der Waals surface area contributed by atoms with Gasteiger partial charge < -0.3 is 19.3 Å². The smallest absolute Gasteiger partial charge is 0.289 e. The highest BCUT2D eigenvalue weighted by Gasteiger charge is 2.31. The van der Waals surface area contributed by atoms with Crippen LogP contribution in [0.3, 0.4) is 0 Å². The van der Waals surface area contributed by atoms with Gasteiger partial charge in [0, 0.05) is 38.5 Å². The van der Waals surface area contributed by atoms with Crippen molar-refractivity contribution >= 4 is 11.7 Å². The number of amides is 1. The second-order valence-electron chi connectivity index (χ2n) is 7.91. The van der Waals surface area contributed by atoms with Crippen LogP contribution < -0.4 is 0 Å². The van der Waals surface area contributed by atoms with E-state index in [0.717, 1.165) is 38.8 Å². The van der Waals surface area contributed by atoms with Crippen molar-refractivity contribution in [3.8, 4) is 0 Å². The summed E-state index contributed by atoms with van der Waals surface area (Å²) in [5, 5.41) is 9.50. The van der Waals surface area contributed by atoms with E-state index in [0.29, 0.717) is 48.1 Å². The first-order valence-corrected chi connectivity index (χ1v) is 9.68. The van der Waals surface area contributed by atoms with E-state index < -0.39 is 0 Å². The number of hydrogen-bond acceptors (Lipinski definition) is 5. The van der Waals surface area contributed by atoms with Crippen LogP contribution in [0.4, 0.5) is 0 Å². The number of furan rings is 1. The Kier molecular flexibility index (Phi) is 5.82. The molecule has 26 heavy (non-hydrogen) atoms. The molecule has 6 nitrogen and oxygen atoms in total.